The number of anilines is 1. The van der Waals surface area contributed by atoms with Crippen LogP contribution in [0.1, 0.15) is 15.9 Å². The molecule has 0 aliphatic carbocycles. The first-order valence-corrected chi connectivity index (χ1v) is 7.23. The Labute approximate surface area is 135 Å². The second-order valence-electron chi connectivity index (χ2n) is 4.40. The van der Waals surface area contributed by atoms with Crippen molar-refractivity contribution in [2.45, 2.75) is 0 Å². The van der Waals surface area contributed by atoms with Crippen molar-refractivity contribution in [1.29, 1.82) is 0 Å². The Kier molecular flexibility index (Phi) is 4.69. The van der Waals surface area contributed by atoms with Crippen molar-refractivity contribution < 1.29 is 9.18 Å². The smallest absolute Gasteiger partial charge is 0.259 e. The average Bonchev–Trinajstić information content (AvgIpc) is 2.48. The summed E-state index contributed by atoms with van der Waals surface area (Å²) < 4.78 is 13.8. The number of amides is 1. The van der Waals surface area contributed by atoms with Gasteiger partial charge in [0.15, 0.2) is 0 Å². The Balaban J connectivity index is 2.30. The van der Waals surface area contributed by atoms with Crippen LogP contribution >= 0.6 is 28.1 Å². The van der Waals surface area contributed by atoms with Crippen molar-refractivity contribution in [3.05, 3.63) is 63.9 Å². The van der Waals surface area contributed by atoms with Crippen molar-refractivity contribution in [3.63, 3.8) is 0 Å². The zero-order valence-electron chi connectivity index (χ0n) is 11.1. The third-order valence-corrected chi connectivity index (χ3v) is 3.93. The van der Waals surface area contributed by atoms with Gasteiger partial charge in [-0.2, -0.15) is 0 Å². The highest BCUT2D eigenvalue weighted by atomic mass is 79.9. The first-order chi connectivity index (χ1) is 9.90. The Morgan fingerprint density at radius 1 is 1.24 bits per heavy atom. The van der Waals surface area contributed by atoms with E-state index in [1.165, 1.54) is 23.1 Å². The molecule has 0 heterocycles. The van der Waals surface area contributed by atoms with Crippen LogP contribution in [0.15, 0.2) is 46.9 Å². The number of nitrogens with zero attached hydrogens (tertiary/aromatic N) is 1. The molecule has 1 amide bonds. The number of carbonyl (C=O) groups excluding carboxylic acids is 1. The van der Waals surface area contributed by atoms with Gasteiger partial charge in [0.05, 0.1) is 5.56 Å². The van der Waals surface area contributed by atoms with E-state index >= 15 is 0 Å². The quantitative estimate of drug-likeness (QED) is 0.845. The topological polar surface area (TPSA) is 46.3 Å². The Hall–Kier alpha value is -1.79. The molecule has 0 aliphatic heterocycles. The number of carbonyl (C=O) groups is 1. The van der Waals surface area contributed by atoms with E-state index in [0.29, 0.717) is 15.1 Å². The van der Waals surface area contributed by atoms with Gasteiger partial charge in [-0.3, -0.25) is 4.79 Å². The lowest BCUT2D eigenvalue weighted by molar-refractivity contribution is 0.0992. The van der Waals surface area contributed by atoms with E-state index in [2.05, 4.69) is 15.9 Å². The number of halogens is 2. The number of benzene rings is 2. The number of rotatable bonds is 3. The summed E-state index contributed by atoms with van der Waals surface area (Å²) in [6, 6.07) is 10.9. The Morgan fingerprint density at radius 2 is 1.86 bits per heavy atom. The van der Waals surface area contributed by atoms with E-state index in [0.717, 1.165) is 5.56 Å². The molecule has 0 saturated carbocycles. The molecule has 6 heteroatoms. The number of hydrogen-bond acceptors (Lipinski definition) is 2. The summed E-state index contributed by atoms with van der Waals surface area (Å²) in [5.74, 6) is -0.775. The molecule has 2 N–H and O–H groups in total. The molecule has 2 rings (SSSR count). The lowest BCUT2D eigenvalue weighted by Gasteiger charge is -2.18. The van der Waals surface area contributed by atoms with E-state index in [1.807, 2.05) is 0 Å². The second kappa shape index (κ2) is 6.32. The normalized spacial score (nSPS) is 10.2. The molecule has 0 bridgehead atoms. The Morgan fingerprint density at radius 3 is 2.43 bits per heavy atom. The molecule has 0 radical (unpaired) electrons. The second-order valence-corrected chi connectivity index (χ2v) is 5.69. The highest BCUT2D eigenvalue weighted by molar-refractivity contribution is 9.10. The van der Waals surface area contributed by atoms with Crippen LogP contribution < -0.4 is 10.6 Å². The van der Waals surface area contributed by atoms with E-state index in [9.17, 15) is 9.18 Å². The SMILES string of the molecule is CN(C(=O)c1cc(F)ccc1Br)c1ccc(C(N)=S)cc1. The Bertz CT molecular complexity index is 703. The summed E-state index contributed by atoms with van der Waals surface area (Å²) in [4.78, 5) is 14.1. The average molecular weight is 367 g/mol. The first kappa shape index (κ1) is 15.6. The molecule has 2 aromatic carbocycles. The van der Waals surface area contributed by atoms with Crippen LogP contribution in [0.25, 0.3) is 0 Å². The van der Waals surface area contributed by atoms with Gasteiger partial charge in [-0.1, -0.05) is 12.2 Å². The van der Waals surface area contributed by atoms with Gasteiger partial charge in [0, 0.05) is 22.8 Å². The van der Waals surface area contributed by atoms with Crippen molar-refractivity contribution in [2.75, 3.05) is 11.9 Å². The largest absolute Gasteiger partial charge is 0.389 e. The van der Waals surface area contributed by atoms with E-state index in [-0.39, 0.29) is 11.5 Å². The number of thiocarbonyl (C=S) groups is 1. The molecule has 3 nitrogen and oxygen atoms in total. The van der Waals surface area contributed by atoms with Crippen molar-refractivity contribution in [3.8, 4) is 0 Å². The summed E-state index contributed by atoms with van der Waals surface area (Å²) in [7, 11) is 1.62. The van der Waals surface area contributed by atoms with Gasteiger partial charge in [-0.15, -0.1) is 0 Å². The zero-order valence-corrected chi connectivity index (χ0v) is 13.5. The first-order valence-electron chi connectivity index (χ1n) is 6.03. The molecule has 0 aromatic heterocycles. The summed E-state index contributed by atoms with van der Waals surface area (Å²) >= 11 is 8.13. The summed E-state index contributed by atoms with van der Waals surface area (Å²) in [6.07, 6.45) is 0. The molecule has 21 heavy (non-hydrogen) atoms. The van der Waals surface area contributed by atoms with Gasteiger partial charge < -0.3 is 10.6 Å². The molecule has 0 saturated heterocycles. The maximum absolute atomic E-state index is 13.3. The summed E-state index contributed by atoms with van der Waals surface area (Å²) in [6.45, 7) is 0. The molecule has 0 unspecified atom stereocenters. The lowest BCUT2D eigenvalue weighted by atomic mass is 10.1. The predicted octanol–water partition coefficient (Wildman–Crippen LogP) is 3.50. The van der Waals surface area contributed by atoms with Crippen LogP contribution in [-0.4, -0.2) is 17.9 Å². The van der Waals surface area contributed by atoms with Gasteiger partial charge in [-0.25, -0.2) is 4.39 Å². The molecule has 2 aromatic rings. The standard InChI is InChI=1S/C15H12BrFN2OS/c1-19(11-5-2-9(3-6-11)14(18)21)15(20)12-8-10(17)4-7-13(12)16/h2-8H,1H3,(H2,18,21). The van der Waals surface area contributed by atoms with Gasteiger partial charge >= 0.3 is 0 Å². The van der Waals surface area contributed by atoms with Crippen LogP contribution in [0.5, 0.6) is 0 Å². The van der Waals surface area contributed by atoms with Crippen LogP contribution in [0.2, 0.25) is 0 Å². The van der Waals surface area contributed by atoms with Crippen LogP contribution in [0.4, 0.5) is 10.1 Å². The fraction of sp³-hybridized carbons (Fsp3) is 0.0667. The van der Waals surface area contributed by atoms with Crippen molar-refractivity contribution in [1.82, 2.24) is 0 Å². The maximum Gasteiger partial charge on any atom is 0.259 e. The third kappa shape index (κ3) is 3.46. The van der Waals surface area contributed by atoms with Crippen molar-refractivity contribution >= 4 is 44.7 Å². The minimum Gasteiger partial charge on any atom is -0.389 e. The summed E-state index contributed by atoms with van der Waals surface area (Å²) in [5.41, 5.74) is 7.18. The number of hydrogen-bond donors (Lipinski definition) is 1. The van der Waals surface area contributed by atoms with E-state index < -0.39 is 5.82 Å². The fourth-order valence-corrected chi connectivity index (χ4v) is 2.36. The maximum atomic E-state index is 13.3. The van der Waals surface area contributed by atoms with Gasteiger partial charge in [-0.05, 0) is 58.4 Å². The van der Waals surface area contributed by atoms with Crippen molar-refractivity contribution in [2.24, 2.45) is 5.73 Å². The van der Waals surface area contributed by atoms with Gasteiger partial charge in [0.2, 0.25) is 0 Å². The highest BCUT2D eigenvalue weighted by Gasteiger charge is 2.17. The fourth-order valence-electron chi connectivity index (χ4n) is 1.81. The molecular formula is C15H12BrFN2OS. The minimum absolute atomic E-state index is 0.260. The molecule has 0 aliphatic rings. The van der Waals surface area contributed by atoms with Crippen LogP contribution in [0, 0.1) is 5.82 Å². The summed E-state index contributed by atoms with van der Waals surface area (Å²) in [5, 5.41) is 0. The lowest BCUT2D eigenvalue weighted by Crippen LogP contribution is -2.26. The van der Waals surface area contributed by atoms with E-state index in [4.69, 9.17) is 18.0 Å². The van der Waals surface area contributed by atoms with Crippen LogP contribution in [0.3, 0.4) is 0 Å². The number of nitrogens with two attached hydrogens (primary N) is 1. The van der Waals surface area contributed by atoms with Gasteiger partial charge in [0.1, 0.15) is 10.8 Å². The van der Waals surface area contributed by atoms with E-state index in [1.54, 1.807) is 31.3 Å². The third-order valence-electron chi connectivity index (χ3n) is 3.00. The molecular weight excluding hydrogens is 355 g/mol. The van der Waals surface area contributed by atoms with Crippen LogP contribution in [-0.2, 0) is 0 Å². The highest BCUT2D eigenvalue weighted by Crippen LogP contribution is 2.22. The molecule has 0 atom stereocenters. The predicted molar refractivity (Wildman–Crippen MR) is 89.2 cm³/mol. The minimum atomic E-state index is -0.459. The molecule has 0 fully saturated rings. The zero-order chi connectivity index (χ0) is 15.6. The monoisotopic (exact) mass is 366 g/mol. The molecule has 108 valence electrons. The molecule has 0 spiro atoms. The van der Waals surface area contributed by atoms with Gasteiger partial charge in [0.25, 0.3) is 5.91 Å².